The standard InChI is InChI=1S/C28H32F7N3O/c1-17-13-22(29)7-8-23(17)25-24(37-10-5-4-6-11-37)9-12-38(25)26(39)36(3)18(2)19-14-20(27(30,31)32)16-21(15-19)28(33,34)35/h7-8,13-16,18,24-25H,4-6,9-12H2,1-3H3/t18-,24?,25?/m0/s1. The van der Waals surface area contributed by atoms with E-state index in [2.05, 4.69) is 4.90 Å². The number of nitrogens with zero attached hydrogens (tertiary/aromatic N) is 3. The van der Waals surface area contributed by atoms with Crippen molar-refractivity contribution >= 4 is 6.03 Å². The van der Waals surface area contributed by atoms with E-state index in [1.165, 1.54) is 31.0 Å². The molecule has 0 bridgehead atoms. The Balaban J connectivity index is 1.68. The summed E-state index contributed by atoms with van der Waals surface area (Å²) in [7, 11) is 1.38. The van der Waals surface area contributed by atoms with Gasteiger partial charge in [0, 0.05) is 19.6 Å². The molecule has 214 valence electrons. The van der Waals surface area contributed by atoms with Crippen molar-refractivity contribution in [2.45, 2.75) is 70.0 Å². The zero-order valence-electron chi connectivity index (χ0n) is 22.0. The molecule has 0 N–H and O–H groups in total. The predicted molar refractivity (Wildman–Crippen MR) is 132 cm³/mol. The molecule has 4 rings (SSSR count). The Bertz CT molecular complexity index is 1160. The van der Waals surface area contributed by atoms with Crippen molar-refractivity contribution in [1.82, 2.24) is 14.7 Å². The SMILES string of the molecule is Cc1cc(F)ccc1C1C(N2CCCCC2)CCN1C(=O)N(C)[C@@H](C)c1cc(C(F)(F)F)cc(C(F)(F)F)c1. The molecule has 0 aromatic heterocycles. The summed E-state index contributed by atoms with van der Waals surface area (Å²) >= 11 is 0. The predicted octanol–water partition coefficient (Wildman–Crippen LogP) is 7.59. The second kappa shape index (κ2) is 11.0. The maximum absolute atomic E-state index is 13.9. The number of alkyl halides is 6. The number of rotatable bonds is 4. The number of halogens is 7. The van der Waals surface area contributed by atoms with Gasteiger partial charge in [-0.1, -0.05) is 12.5 Å². The zero-order valence-corrected chi connectivity index (χ0v) is 22.0. The maximum Gasteiger partial charge on any atom is 0.416 e. The van der Waals surface area contributed by atoms with Gasteiger partial charge in [0.25, 0.3) is 0 Å². The van der Waals surface area contributed by atoms with E-state index in [0.717, 1.165) is 37.9 Å². The minimum atomic E-state index is -4.99. The normalized spacial score (nSPS) is 21.7. The van der Waals surface area contributed by atoms with Crippen molar-refractivity contribution in [1.29, 1.82) is 0 Å². The third-order valence-corrected chi connectivity index (χ3v) is 8.00. The van der Waals surface area contributed by atoms with E-state index in [0.29, 0.717) is 30.7 Å². The van der Waals surface area contributed by atoms with Gasteiger partial charge in [-0.05, 0) is 93.2 Å². The Kier molecular flexibility index (Phi) is 8.21. The molecule has 2 fully saturated rings. The van der Waals surface area contributed by atoms with Gasteiger partial charge < -0.3 is 9.80 Å². The van der Waals surface area contributed by atoms with Crippen LogP contribution in [-0.2, 0) is 12.4 Å². The van der Waals surface area contributed by atoms with Gasteiger partial charge in [-0.2, -0.15) is 26.3 Å². The van der Waals surface area contributed by atoms with E-state index in [-0.39, 0.29) is 17.7 Å². The van der Waals surface area contributed by atoms with Crippen LogP contribution < -0.4 is 0 Å². The van der Waals surface area contributed by atoms with Crippen LogP contribution in [0, 0.1) is 12.7 Å². The van der Waals surface area contributed by atoms with Crippen molar-refractivity contribution in [3.63, 3.8) is 0 Å². The molecule has 0 aliphatic carbocycles. The zero-order chi connectivity index (χ0) is 28.7. The molecule has 2 aliphatic heterocycles. The summed E-state index contributed by atoms with van der Waals surface area (Å²) in [5.74, 6) is -0.405. The topological polar surface area (TPSA) is 26.8 Å². The van der Waals surface area contributed by atoms with Crippen LogP contribution in [0.1, 0.15) is 72.5 Å². The number of hydrogen-bond acceptors (Lipinski definition) is 2. The molecule has 2 heterocycles. The summed E-state index contributed by atoms with van der Waals surface area (Å²) in [6, 6.07) is 3.73. The maximum atomic E-state index is 13.9. The number of benzene rings is 2. The minimum absolute atomic E-state index is 0.0347. The van der Waals surface area contributed by atoms with Crippen LogP contribution in [-0.4, -0.2) is 53.5 Å². The van der Waals surface area contributed by atoms with Crippen LogP contribution in [0.15, 0.2) is 36.4 Å². The van der Waals surface area contributed by atoms with Crippen LogP contribution in [0.3, 0.4) is 0 Å². The van der Waals surface area contributed by atoms with Crippen molar-refractivity contribution in [2.75, 3.05) is 26.7 Å². The van der Waals surface area contributed by atoms with Crippen molar-refractivity contribution in [3.8, 4) is 0 Å². The second-order valence-corrected chi connectivity index (χ2v) is 10.5. The molecule has 4 nitrogen and oxygen atoms in total. The van der Waals surface area contributed by atoms with Crippen molar-refractivity contribution in [3.05, 3.63) is 70.0 Å². The summed E-state index contributed by atoms with van der Waals surface area (Å²) in [6.45, 7) is 5.25. The van der Waals surface area contributed by atoms with Crippen molar-refractivity contribution < 1.29 is 35.5 Å². The number of carbonyl (C=O) groups excluding carboxylic acids is 1. The molecule has 2 saturated heterocycles. The van der Waals surface area contributed by atoms with Gasteiger partial charge in [-0.25, -0.2) is 9.18 Å². The van der Waals surface area contributed by atoms with Crippen LogP contribution in [0.5, 0.6) is 0 Å². The van der Waals surface area contributed by atoms with Gasteiger partial charge in [-0.3, -0.25) is 4.90 Å². The van der Waals surface area contributed by atoms with E-state index in [4.69, 9.17) is 0 Å². The third kappa shape index (κ3) is 6.18. The highest BCUT2D eigenvalue weighted by atomic mass is 19.4. The summed E-state index contributed by atoms with van der Waals surface area (Å²) in [4.78, 5) is 19.0. The van der Waals surface area contributed by atoms with E-state index in [1.807, 2.05) is 0 Å². The minimum Gasteiger partial charge on any atom is -0.321 e. The molecule has 2 aromatic rings. The number of likely N-dealkylation sites (tertiary alicyclic amines) is 2. The van der Waals surface area contributed by atoms with E-state index < -0.39 is 47.4 Å². The molecular formula is C28H32F7N3O. The second-order valence-electron chi connectivity index (χ2n) is 10.5. The number of urea groups is 1. The van der Waals surface area contributed by atoms with Gasteiger partial charge in [0.15, 0.2) is 0 Å². The van der Waals surface area contributed by atoms with Gasteiger partial charge in [0.05, 0.1) is 23.2 Å². The van der Waals surface area contributed by atoms with Gasteiger partial charge in [-0.15, -0.1) is 0 Å². The first-order valence-electron chi connectivity index (χ1n) is 13.0. The molecule has 2 aliphatic rings. The first-order valence-corrected chi connectivity index (χ1v) is 13.0. The van der Waals surface area contributed by atoms with Crippen LogP contribution >= 0.6 is 0 Å². The van der Waals surface area contributed by atoms with E-state index in [9.17, 15) is 35.5 Å². The number of aryl methyl sites for hydroxylation is 1. The van der Waals surface area contributed by atoms with E-state index in [1.54, 1.807) is 17.9 Å². The fourth-order valence-corrected chi connectivity index (χ4v) is 5.78. The van der Waals surface area contributed by atoms with Crippen LogP contribution in [0.25, 0.3) is 0 Å². The highest BCUT2D eigenvalue weighted by Gasteiger charge is 2.44. The molecule has 2 aromatic carbocycles. The molecule has 2 unspecified atom stereocenters. The molecule has 11 heteroatoms. The smallest absolute Gasteiger partial charge is 0.321 e. The highest BCUT2D eigenvalue weighted by Crippen LogP contribution is 2.41. The first kappa shape index (κ1) is 29.2. The van der Waals surface area contributed by atoms with Crippen LogP contribution in [0.2, 0.25) is 0 Å². The lowest BCUT2D eigenvalue weighted by Crippen LogP contribution is -2.47. The molecule has 3 atom stereocenters. The van der Waals surface area contributed by atoms with Gasteiger partial charge in [0.2, 0.25) is 0 Å². The highest BCUT2D eigenvalue weighted by molar-refractivity contribution is 5.76. The quantitative estimate of drug-likeness (QED) is 0.361. The Morgan fingerprint density at radius 2 is 1.51 bits per heavy atom. The number of hydrogen-bond donors (Lipinski definition) is 0. The monoisotopic (exact) mass is 559 g/mol. The summed E-state index contributed by atoms with van der Waals surface area (Å²) < 4.78 is 94.6. The van der Waals surface area contributed by atoms with E-state index >= 15 is 0 Å². The first-order chi connectivity index (χ1) is 18.2. The Labute approximate surface area is 223 Å². The number of piperidine rings is 1. The summed E-state index contributed by atoms with van der Waals surface area (Å²) in [6.07, 6.45) is -6.16. The number of amides is 2. The molecule has 0 spiro atoms. The molecular weight excluding hydrogens is 527 g/mol. The molecule has 0 saturated carbocycles. The lowest BCUT2D eigenvalue weighted by Gasteiger charge is -2.39. The lowest BCUT2D eigenvalue weighted by atomic mass is 9.93. The summed E-state index contributed by atoms with van der Waals surface area (Å²) in [5.41, 5.74) is -1.67. The van der Waals surface area contributed by atoms with Gasteiger partial charge >= 0.3 is 18.4 Å². The average Bonchev–Trinajstić information content (AvgIpc) is 3.31. The molecule has 0 radical (unpaired) electrons. The average molecular weight is 560 g/mol. The van der Waals surface area contributed by atoms with Crippen molar-refractivity contribution in [2.24, 2.45) is 0 Å². The molecule has 2 amide bonds. The Hall–Kier alpha value is -2.82. The number of carbonyl (C=O) groups is 1. The van der Waals surface area contributed by atoms with Gasteiger partial charge in [0.1, 0.15) is 5.82 Å². The van der Waals surface area contributed by atoms with Crippen LogP contribution in [0.4, 0.5) is 35.5 Å². The fraction of sp³-hybridized carbons (Fsp3) is 0.536. The Morgan fingerprint density at radius 1 is 0.923 bits per heavy atom. The lowest BCUT2D eigenvalue weighted by molar-refractivity contribution is -0.143. The Morgan fingerprint density at radius 3 is 2.05 bits per heavy atom. The third-order valence-electron chi connectivity index (χ3n) is 8.00. The summed E-state index contributed by atoms with van der Waals surface area (Å²) in [5, 5.41) is 0. The largest absolute Gasteiger partial charge is 0.416 e. The molecule has 39 heavy (non-hydrogen) atoms. The fourth-order valence-electron chi connectivity index (χ4n) is 5.78.